The second-order valence-corrected chi connectivity index (χ2v) is 13.9. The number of rotatable bonds is 2. The highest BCUT2D eigenvalue weighted by Crippen LogP contribution is 2.69. The lowest BCUT2D eigenvalue weighted by atomic mass is 11.9. The molecule has 0 aromatic carbocycles. The molecule has 0 aromatic rings. The van der Waals surface area contributed by atoms with Gasteiger partial charge in [-0.05, 0) is 15.2 Å². The Labute approximate surface area is 89.4 Å². The first kappa shape index (κ1) is 12.8. The summed E-state index contributed by atoms with van der Waals surface area (Å²) < 4.78 is 17.6. The maximum atomic E-state index is 10.2. The van der Waals surface area contributed by atoms with Crippen LogP contribution >= 0.6 is 60.4 Å². The molecule has 68 valence electrons. The smallest absolute Gasteiger partial charge is 0.126 e. The Morgan fingerprint density at radius 2 is 1.09 bits per heavy atom. The zero-order valence-corrected chi connectivity index (χ0v) is 10.7. The van der Waals surface area contributed by atoms with Gasteiger partial charge in [0.1, 0.15) is 0.911 Å². The molecule has 0 radical (unpaired) electrons. The van der Waals surface area contributed by atoms with Gasteiger partial charge in [-0.2, -0.15) is 0 Å². The molecule has 11 heavy (non-hydrogen) atoms. The molecule has 0 unspecified atom stereocenters. The summed E-state index contributed by atoms with van der Waals surface area (Å²) in [6.45, 7) is 0. The summed E-state index contributed by atoms with van der Waals surface area (Å²) in [7, 11) is -10.8. The van der Waals surface area contributed by atoms with Crippen molar-refractivity contribution in [3.05, 3.63) is 0 Å². The molecular formula is CI2O6P2-4. The molecule has 0 atom stereocenters. The Bertz CT molecular complexity index is 211. The van der Waals surface area contributed by atoms with Crippen LogP contribution in [0.1, 0.15) is 0 Å². The first-order valence-corrected chi connectivity index (χ1v) is 7.16. The van der Waals surface area contributed by atoms with Crippen LogP contribution in [0.15, 0.2) is 0 Å². The average molecular weight is 424 g/mol. The maximum Gasteiger partial charge on any atom is 0.126 e. The van der Waals surface area contributed by atoms with E-state index in [1.165, 1.54) is 0 Å². The van der Waals surface area contributed by atoms with Gasteiger partial charge in [0.05, 0.1) is 0 Å². The number of halogens is 2. The molecule has 0 bridgehead atoms. The van der Waals surface area contributed by atoms with Crippen molar-refractivity contribution in [3.63, 3.8) is 0 Å². The molecule has 0 aliphatic rings. The van der Waals surface area contributed by atoms with Gasteiger partial charge in [0.2, 0.25) is 0 Å². The predicted octanol–water partition coefficient (Wildman–Crippen LogP) is -1.70. The van der Waals surface area contributed by atoms with E-state index in [1.807, 2.05) is 0 Å². The van der Waals surface area contributed by atoms with Crippen LogP contribution in [0.25, 0.3) is 0 Å². The average Bonchev–Trinajstić information content (AvgIpc) is 1.58. The lowest BCUT2D eigenvalue weighted by Gasteiger charge is -2.52. The molecule has 0 aliphatic heterocycles. The van der Waals surface area contributed by atoms with Gasteiger partial charge in [-0.3, -0.25) is 0 Å². The van der Waals surface area contributed by atoms with Gasteiger partial charge in [0.25, 0.3) is 0 Å². The Morgan fingerprint density at radius 1 is 0.909 bits per heavy atom. The lowest BCUT2D eigenvalue weighted by molar-refractivity contribution is -0.326. The highest BCUT2D eigenvalue weighted by molar-refractivity contribution is 14.2. The van der Waals surface area contributed by atoms with Crippen molar-refractivity contribution in [2.75, 3.05) is 0 Å². The molecule has 0 N–H and O–H groups in total. The monoisotopic (exact) mass is 424 g/mol. The Kier molecular flexibility index (Phi) is 4.04. The fourth-order valence-corrected chi connectivity index (χ4v) is 1.35. The van der Waals surface area contributed by atoms with E-state index >= 15 is 0 Å². The fourth-order valence-electron chi connectivity index (χ4n) is 0.150. The van der Waals surface area contributed by atoms with Crippen LogP contribution in [0.5, 0.6) is 0 Å². The Balaban J connectivity index is 5.08. The van der Waals surface area contributed by atoms with Crippen LogP contribution in [0.2, 0.25) is 0 Å². The summed E-state index contributed by atoms with van der Waals surface area (Å²) in [4.78, 5) is 40.7. The van der Waals surface area contributed by atoms with E-state index in [9.17, 15) is 28.7 Å². The third kappa shape index (κ3) is 2.87. The van der Waals surface area contributed by atoms with Crippen LogP contribution < -0.4 is 19.6 Å². The molecule has 0 heterocycles. The first-order valence-electron chi connectivity index (χ1n) is 1.92. The zero-order valence-electron chi connectivity index (χ0n) is 4.60. The van der Waals surface area contributed by atoms with Crippen LogP contribution in [0, 0.1) is 0 Å². The SMILES string of the molecule is O=P([O-])([O-])C(I)(I)P(=O)([O-])[O-]. The lowest BCUT2D eigenvalue weighted by Crippen LogP contribution is -2.36. The molecule has 0 aromatic heterocycles. The van der Waals surface area contributed by atoms with E-state index in [2.05, 4.69) is 0 Å². The van der Waals surface area contributed by atoms with Crippen LogP contribution in [0.4, 0.5) is 0 Å². The minimum atomic E-state index is -5.40. The molecule has 0 amide bonds. The van der Waals surface area contributed by atoms with Crippen LogP contribution in [0.3, 0.4) is 0 Å². The maximum absolute atomic E-state index is 10.2. The molecule has 0 fully saturated rings. The minimum Gasteiger partial charge on any atom is -0.809 e. The second-order valence-electron chi connectivity index (χ2n) is 1.50. The van der Waals surface area contributed by atoms with Gasteiger partial charge in [0.15, 0.2) is 0 Å². The normalized spacial score (nSPS) is 15.1. The van der Waals surface area contributed by atoms with Gasteiger partial charge < -0.3 is 28.7 Å². The number of alkyl halides is 2. The molecule has 0 saturated carbocycles. The largest absolute Gasteiger partial charge is 0.809 e. The van der Waals surface area contributed by atoms with Gasteiger partial charge in [-0.1, -0.05) is 45.2 Å². The van der Waals surface area contributed by atoms with Crippen molar-refractivity contribution in [2.45, 2.75) is 0.911 Å². The fraction of sp³-hybridized carbons (Fsp3) is 1.00. The molecular weight excluding hydrogens is 424 g/mol. The third-order valence-electron chi connectivity index (χ3n) is 0.659. The molecule has 0 aliphatic carbocycles. The molecule has 10 heteroatoms. The molecule has 0 spiro atoms. The van der Waals surface area contributed by atoms with E-state index in [0.717, 1.165) is 45.2 Å². The van der Waals surface area contributed by atoms with Crippen molar-refractivity contribution < 1.29 is 28.7 Å². The Morgan fingerprint density at radius 3 is 1.09 bits per heavy atom. The molecule has 0 rings (SSSR count). The van der Waals surface area contributed by atoms with Crippen molar-refractivity contribution in [1.82, 2.24) is 0 Å². The van der Waals surface area contributed by atoms with Gasteiger partial charge in [-0.25, -0.2) is 0 Å². The van der Waals surface area contributed by atoms with Crippen molar-refractivity contribution >= 4 is 60.4 Å². The van der Waals surface area contributed by atoms with E-state index in [4.69, 9.17) is 0 Å². The molecule has 0 saturated heterocycles. The van der Waals surface area contributed by atoms with E-state index < -0.39 is 16.1 Å². The van der Waals surface area contributed by atoms with Crippen molar-refractivity contribution in [1.29, 1.82) is 0 Å². The highest BCUT2D eigenvalue weighted by Gasteiger charge is 2.31. The number of hydrogen-bond donors (Lipinski definition) is 0. The van der Waals surface area contributed by atoms with Gasteiger partial charge in [-0.15, -0.1) is 0 Å². The summed E-state index contributed by atoms with van der Waals surface area (Å²) >= 11 is 1.60. The predicted molar refractivity (Wildman–Crippen MR) is 46.0 cm³/mol. The summed E-state index contributed by atoms with van der Waals surface area (Å²) in [5.74, 6) is 0. The summed E-state index contributed by atoms with van der Waals surface area (Å²) in [6, 6.07) is 0. The minimum absolute atomic E-state index is 0.800. The zero-order chi connectivity index (χ0) is 9.50. The summed E-state index contributed by atoms with van der Waals surface area (Å²) in [5.41, 5.74) is 0. The molecule has 6 nitrogen and oxygen atoms in total. The first-order chi connectivity index (χ1) is 4.50. The standard InChI is InChI=1S/CH4I2O6P2/c2-1(3,10(4,5)6)11(7,8)9/h(H2,4,5,6)(H2,7,8,9)/p-4. The summed E-state index contributed by atoms with van der Waals surface area (Å²) in [5, 5.41) is 0. The van der Waals surface area contributed by atoms with Crippen LogP contribution in [-0.4, -0.2) is 0.911 Å². The van der Waals surface area contributed by atoms with Crippen LogP contribution in [-0.2, 0) is 9.13 Å². The third-order valence-corrected chi connectivity index (χ3v) is 10.5. The van der Waals surface area contributed by atoms with Crippen molar-refractivity contribution in [3.8, 4) is 0 Å². The quantitative estimate of drug-likeness (QED) is 0.296. The Hall–Kier alpha value is 1.76. The van der Waals surface area contributed by atoms with E-state index in [-0.39, 0.29) is 0 Å². The van der Waals surface area contributed by atoms with E-state index in [0.29, 0.717) is 0 Å². The van der Waals surface area contributed by atoms with Crippen molar-refractivity contribution in [2.24, 2.45) is 0 Å². The number of hydrogen-bond acceptors (Lipinski definition) is 6. The topological polar surface area (TPSA) is 126 Å². The van der Waals surface area contributed by atoms with Gasteiger partial charge >= 0.3 is 0 Å². The highest BCUT2D eigenvalue weighted by atomic mass is 127. The second kappa shape index (κ2) is 3.49. The van der Waals surface area contributed by atoms with Gasteiger partial charge in [0, 0.05) is 0 Å². The van der Waals surface area contributed by atoms with E-state index in [1.54, 1.807) is 0 Å². The summed E-state index contributed by atoms with van der Waals surface area (Å²) in [6.07, 6.45) is 0.